The van der Waals surface area contributed by atoms with Gasteiger partial charge in [-0.1, -0.05) is 6.07 Å². The number of carbonyl (C=O) groups excluding carboxylic acids is 2. The summed E-state index contributed by atoms with van der Waals surface area (Å²) in [6.45, 7) is 7.21. The van der Waals surface area contributed by atoms with Crippen molar-refractivity contribution in [2.24, 2.45) is 0 Å². The highest BCUT2D eigenvalue weighted by Gasteiger charge is 2.27. The highest BCUT2D eigenvalue weighted by Crippen LogP contribution is 2.30. The van der Waals surface area contributed by atoms with Crippen LogP contribution in [0.5, 0.6) is 5.75 Å². The molecule has 0 saturated heterocycles. The van der Waals surface area contributed by atoms with Gasteiger partial charge in [-0.05, 0) is 57.4 Å². The summed E-state index contributed by atoms with van der Waals surface area (Å²) in [5, 5.41) is 9.43. The van der Waals surface area contributed by atoms with Crippen LogP contribution in [0.3, 0.4) is 0 Å². The number of aryl methyl sites for hydroxylation is 1. The molecular formula is C19H30N2O5. The van der Waals surface area contributed by atoms with Crippen molar-refractivity contribution < 1.29 is 24.2 Å². The summed E-state index contributed by atoms with van der Waals surface area (Å²) in [7, 11) is 4.86. The second kappa shape index (κ2) is 8.89. The molecule has 1 aromatic carbocycles. The minimum atomic E-state index is -0.603. The number of amides is 2. The fraction of sp³-hybridized carbons (Fsp3) is 0.579. The average molecular weight is 366 g/mol. The largest absolute Gasteiger partial charge is 0.444 e. The Labute approximate surface area is 155 Å². The van der Waals surface area contributed by atoms with Crippen molar-refractivity contribution in [3.63, 3.8) is 0 Å². The molecule has 1 atom stereocenters. The van der Waals surface area contributed by atoms with Crippen LogP contribution in [-0.2, 0) is 4.74 Å². The van der Waals surface area contributed by atoms with Crippen LogP contribution in [0.25, 0.3) is 0 Å². The SMILES string of the molecule is Cc1cc(OC(=O)N(C)C)ccc1C(CCO)N(C)C(=O)OC(C)(C)C. The molecule has 0 aliphatic rings. The molecule has 7 nitrogen and oxygen atoms in total. The van der Waals surface area contributed by atoms with E-state index in [1.807, 2.05) is 6.92 Å². The van der Waals surface area contributed by atoms with Gasteiger partial charge in [-0.15, -0.1) is 0 Å². The average Bonchev–Trinajstić information content (AvgIpc) is 2.51. The third-order valence-corrected chi connectivity index (χ3v) is 3.72. The molecule has 26 heavy (non-hydrogen) atoms. The van der Waals surface area contributed by atoms with E-state index >= 15 is 0 Å². The standard InChI is InChI=1S/C19H30N2O5/c1-13-12-14(25-17(23)20(5)6)8-9-15(13)16(10-11-22)21(7)18(24)26-19(2,3)4/h8-9,12,16,22H,10-11H2,1-7H3. The lowest BCUT2D eigenvalue weighted by atomic mass is 9.97. The number of hydrogen-bond donors (Lipinski definition) is 1. The molecule has 1 aromatic rings. The second-order valence-corrected chi connectivity index (χ2v) is 7.40. The highest BCUT2D eigenvalue weighted by atomic mass is 16.6. The fourth-order valence-electron chi connectivity index (χ4n) is 2.42. The van der Waals surface area contributed by atoms with E-state index in [1.54, 1.807) is 60.1 Å². The maximum absolute atomic E-state index is 12.4. The molecule has 0 aromatic heterocycles. The lowest BCUT2D eigenvalue weighted by molar-refractivity contribution is 0.0198. The van der Waals surface area contributed by atoms with E-state index in [2.05, 4.69) is 0 Å². The van der Waals surface area contributed by atoms with E-state index in [0.29, 0.717) is 12.2 Å². The second-order valence-electron chi connectivity index (χ2n) is 7.40. The van der Waals surface area contributed by atoms with E-state index < -0.39 is 17.8 Å². The zero-order chi connectivity index (χ0) is 20.1. The Kier molecular flexibility index (Phi) is 7.44. The Balaban J connectivity index is 3.06. The molecule has 0 fully saturated rings. The van der Waals surface area contributed by atoms with Crippen LogP contribution < -0.4 is 4.74 Å². The zero-order valence-electron chi connectivity index (χ0n) is 16.7. The summed E-state index contributed by atoms with van der Waals surface area (Å²) in [6, 6.07) is 4.86. The topological polar surface area (TPSA) is 79.3 Å². The Morgan fingerprint density at radius 3 is 2.23 bits per heavy atom. The summed E-state index contributed by atoms with van der Waals surface area (Å²) in [5.74, 6) is 0.424. The predicted octanol–water partition coefficient (Wildman–Crippen LogP) is 3.35. The van der Waals surface area contributed by atoms with Crippen LogP contribution in [0.4, 0.5) is 9.59 Å². The number of hydrogen-bond acceptors (Lipinski definition) is 5. The maximum Gasteiger partial charge on any atom is 0.414 e. The van der Waals surface area contributed by atoms with Gasteiger partial charge in [0, 0.05) is 27.7 Å². The van der Waals surface area contributed by atoms with Crippen molar-refractivity contribution in [1.29, 1.82) is 0 Å². The molecule has 1 rings (SSSR count). The van der Waals surface area contributed by atoms with Gasteiger partial charge < -0.3 is 24.4 Å². The summed E-state index contributed by atoms with van der Waals surface area (Å²) < 4.78 is 10.7. The molecule has 0 aliphatic carbocycles. The molecular weight excluding hydrogens is 336 g/mol. The van der Waals surface area contributed by atoms with E-state index in [9.17, 15) is 14.7 Å². The molecule has 0 spiro atoms. The fourth-order valence-corrected chi connectivity index (χ4v) is 2.42. The van der Waals surface area contributed by atoms with Crippen molar-refractivity contribution >= 4 is 12.2 Å². The van der Waals surface area contributed by atoms with Crippen LogP contribution in [0.15, 0.2) is 18.2 Å². The molecule has 1 unspecified atom stereocenters. The van der Waals surface area contributed by atoms with Crippen LogP contribution in [-0.4, -0.2) is 60.4 Å². The number of rotatable bonds is 5. The number of ether oxygens (including phenoxy) is 2. The molecule has 146 valence electrons. The van der Waals surface area contributed by atoms with E-state index in [1.165, 1.54) is 9.80 Å². The first-order valence-corrected chi connectivity index (χ1v) is 8.52. The van der Waals surface area contributed by atoms with Gasteiger partial charge in [0.25, 0.3) is 0 Å². The smallest absolute Gasteiger partial charge is 0.414 e. The lowest BCUT2D eigenvalue weighted by Crippen LogP contribution is -2.37. The van der Waals surface area contributed by atoms with Gasteiger partial charge in [0.2, 0.25) is 0 Å². The van der Waals surface area contributed by atoms with Gasteiger partial charge in [0.15, 0.2) is 0 Å². The highest BCUT2D eigenvalue weighted by molar-refractivity contribution is 5.70. The molecule has 0 bridgehead atoms. The van der Waals surface area contributed by atoms with Gasteiger partial charge in [0.1, 0.15) is 11.4 Å². The minimum absolute atomic E-state index is 0.0748. The molecule has 7 heteroatoms. The monoisotopic (exact) mass is 366 g/mol. The van der Waals surface area contributed by atoms with Crippen LogP contribution in [0.1, 0.15) is 44.4 Å². The first-order valence-electron chi connectivity index (χ1n) is 8.52. The summed E-state index contributed by atoms with van der Waals surface area (Å²) in [5.41, 5.74) is 1.11. The van der Waals surface area contributed by atoms with Gasteiger partial charge in [-0.3, -0.25) is 0 Å². The Morgan fingerprint density at radius 2 is 1.77 bits per heavy atom. The Hall–Kier alpha value is -2.28. The Bertz CT molecular complexity index is 637. The van der Waals surface area contributed by atoms with E-state index in [4.69, 9.17) is 9.47 Å². The van der Waals surface area contributed by atoms with Crippen LogP contribution in [0.2, 0.25) is 0 Å². The van der Waals surface area contributed by atoms with Crippen molar-refractivity contribution in [1.82, 2.24) is 9.80 Å². The van der Waals surface area contributed by atoms with E-state index in [0.717, 1.165) is 11.1 Å². The van der Waals surface area contributed by atoms with Gasteiger partial charge in [-0.2, -0.15) is 0 Å². The summed E-state index contributed by atoms with van der Waals surface area (Å²) >= 11 is 0. The lowest BCUT2D eigenvalue weighted by Gasteiger charge is -2.31. The molecule has 0 saturated carbocycles. The first kappa shape index (κ1) is 21.8. The van der Waals surface area contributed by atoms with Crippen molar-refractivity contribution in [3.8, 4) is 5.75 Å². The third kappa shape index (κ3) is 6.22. The summed E-state index contributed by atoms with van der Waals surface area (Å²) in [6.07, 6.45) is -0.554. The predicted molar refractivity (Wildman–Crippen MR) is 99.3 cm³/mol. The molecule has 1 N–H and O–H groups in total. The van der Waals surface area contributed by atoms with Gasteiger partial charge in [-0.25, -0.2) is 9.59 Å². The van der Waals surface area contributed by atoms with Crippen molar-refractivity contribution in [3.05, 3.63) is 29.3 Å². The maximum atomic E-state index is 12.4. The molecule has 0 radical (unpaired) electrons. The first-order chi connectivity index (χ1) is 12.0. The number of nitrogens with zero attached hydrogens (tertiary/aromatic N) is 2. The van der Waals surface area contributed by atoms with Crippen molar-refractivity contribution in [2.45, 2.75) is 45.8 Å². The molecule has 2 amide bonds. The number of aliphatic hydroxyl groups is 1. The minimum Gasteiger partial charge on any atom is -0.444 e. The molecule has 0 heterocycles. The number of benzene rings is 1. The number of aliphatic hydroxyl groups excluding tert-OH is 1. The quantitative estimate of drug-likeness (QED) is 0.864. The van der Waals surface area contributed by atoms with Crippen molar-refractivity contribution in [2.75, 3.05) is 27.7 Å². The van der Waals surface area contributed by atoms with E-state index in [-0.39, 0.29) is 12.6 Å². The van der Waals surface area contributed by atoms with Gasteiger partial charge in [0.05, 0.1) is 6.04 Å². The Morgan fingerprint density at radius 1 is 1.15 bits per heavy atom. The van der Waals surface area contributed by atoms with Gasteiger partial charge >= 0.3 is 12.2 Å². The van der Waals surface area contributed by atoms with Crippen LogP contribution in [0, 0.1) is 6.92 Å². The molecule has 0 aliphatic heterocycles. The third-order valence-electron chi connectivity index (χ3n) is 3.72. The van der Waals surface area contributed by atoms with Crippen LogP contribution >= 0.6 is 0 Å². The normalized spacial score (nSPS) is 12.3. The summed E-state index contributed by atoms with van der Waals surface area (Å²) in [4.78, 5) is 26.9. The number of carbonyl (C=O) groups is 2. The zero-order valence-corrected chi connectivity index (χ0v) is 16.7.